The minimum Gasteiger partial charge on any atom is -0.756 e. The van der Waals surface area contributed by atoms with Crippen LogP contribution in [0.1, 0.15) is 129 Å². The van der Waals surface area contributed by atoms with Gasteiger partial charge in [0.1, 0.15) is 19.3 Å². The highest BCUT2D eigenvalue weighted by atomic mass is 31.2. The van der Waals surface area contributed by atoms with E-state index in [4.69, 9.17) is 18.5 Å². The molecule has 230 valence electrons. The van der Waals surface area contributed by atoms with Crippen molar-refractivity contribution in [3.05, 3.63) is 0 Å². The van der Waals surface area contributed by atoms with Gasteiger partial charge in [0.15, 0.2) is 0 Å². The molecule has 8 heteroatoms. The average molecular weight is 566 g/mol. The summed E-state index contributed by atoms with van der Waals surface area (Å²) in [5, 5.41) is 0. The SMILES string of the molecule is CCCCCCCCCCCCCCCCOC(COCCCCCC)COP(=O)([O-])OCC[N+](C)(C)C. The number of quaternary nitrogens is 1. The lowest BCUT2D eigenvalue weighted by atomic mass is 10.0. The van der Waals surface area contributed by atoms with E-state index in [1.807, 2.05) is 21.1 Å². The Morgan fingerprint density at radius 1 is 0.605 bits per heavy atom. The van der Waals surface area contributed by atoms with Gasteiger partial charge < -0.3 is 27.9 Å². The second-order valence-electron chi connectivity index (χ2n) is 11.8. The van der Waals surface area contributed by atoms with Crippen LogP contribution in [-0.4, -0.2) is 71.3 Å². The van der Waals surface area contributed by atoms with Crippen molar-refractivity contribution in [2.24, 2.45) is 0 Å². The van der Waals surface area contributed by atoms with Crippen LogP contribution in [0.5, 0.6) is 0 Å². The molecule has 0 rings (SSSR count). The molecular weight excluding hydrogens is 501 g/mol. The van der Waals surface area contributed by atoms with Crippen molar-refractivity contribution in [1.29, 1.82) is 0 Å². The molecule has 0 amide bonds. The maximum atomic E-state index is 12.2. The summed E-state index contributed by atoms with van der Waals surface area (Å²) in [7, 11) is 1.60. The first-order valence-electron chi connectivity index (χ1n) is 15.8. The summed E-state index contributed by atoms with van der Waals surface area (Å²) in [5.41, 5.74) is 0. The van der Waals surface area contributed by atoms with E-state index in [-0.39, 0.29) is 13.2 Å². The molecule has 0 radical (unpaired) electrons. The Hall–Kier alpha value is -0.0100. The van der Waals surface area contributed by atoms with Crippen LogP contribution in [0.4, 0.5) is 0 Å². The molecule has 7 nitrogen and oxygen atoms in total. The highest BCUT2D eigenvalue weighted by molar-refractivity contribution is 7.45. The van der Waals surface area contributed by atoms with E-state index < -0.39 is 13.9 Å². The minimum absolute atomic E-state index is 0.0707. The zero-order valence-electron chi connectivity index (χ0n) is 25.9. The maximum Gasteiger partial charge on any atom is 0.268 e. The predicted molar refractivity (Wildman–Crippen MR) is 157 cm³/mol. The van der Waals surface area contributed by atoms with Gasteiger partial charge in [-0.2, -0.15) is 0 Å². The number of hydrogen-bond donors (Lipinski definition) is 0. The van der Waals surface area contributed by atoms with E-state index in [0.29, 0.717) is 30.8 Å². The van der Waals surface area contributed by atoms with Crippen molar-refractivity contribution in [3.8, 4) is 0 Å². The van der Waals surface area contributed by atoms with E-state index in [1.54, 1.807) is 0 Å². The fourth-order valence-electron chi connectivity index (χ4n) is 4.17. The smallest absolute Gasteiger partial charge is 0.268 e. The molecule has 0 heterocycles. The van der Waals surface area contributed by atoms with Crippen LogP contribution >= 0.6 is 7.82 Å². The third kappa shape index (κ3) is 29.0. The quantitative estimate of drug-likeness (QED) is 0.0506. The van der Waals surface area contributed by atoms with E-state index in [0.717, 1.165) is 25.7 Å². The van der Waals surface area contributed by atoms with Crippen molar-refractivity contribution in [2.75, 3.05) is 60.7 Å². The van der Waals surface area contributed by atoms with Gasteiger partial charge in [-0.15, -0.1) is 0 Å². The Labute approximate surface area is 236 Å². The average Bonchev–Trinajstić information content (AvgIpc) is 2.85. The van der Waals surface area contributed by atoms with Crippen molar-refractivity contribution >= 4 is 7.82 Å². The van der Waals surface area contributed by atoms with E-state index >= 15 is 0 Å². The maximum absolute atomic E-state index is 12.2. The molecule has 2 unspecified atom stereocenters. The van der Waals surface area contributed by atoms with Crippen LogP contribution in [0, 0.1) is 0 Å². The lowest BCUT2D eigenvalue weighted by Gasteiger charge is -2.28. The molecule has 2 atom stereocenters. The zero-order valence-corrected chi connectivity index (χ0v) is 26.8. The van der Waals surface area contributed by atoms with Gasteiger partial charge in [0.25, 0.3) is 7.82 Å². The van der Waals surface area contributed by atoms with E-state index in [9.17, 15) is 9.46 Å². The Bertz CT molecular complexity index is 543. The highest BCUT2D eigenvalue weighted by Gasteiger charge is 2.17. The zero-order chi connectivity index (χ0) is 28.4. The van der Waals surface area contributed by atoms with Crippen LogP contribution in [0.2, 0.25) is 0 Å². The van der Waals surface area contributed by atoms with Crippen molar-refractivity contribution in [1.82, 2.24) is 0 Å². The molecule has 0 aliphatic rings. The molecule has 0 aliphatic heterocycles. The second-order valence-corrected chi connectivity index (χ2v) is 13.2. The Morgan fingerprint density at radius 3 is 1.55 bits per heavy atom. The topological polar surface area (TPSA) is 77.1 Å². The Balaban J connectivity index is 4.03. The number of hydrogen-bond acceptors (Lipinski definition) is 6. The number of phosphoric acid groups is 1. The molecule has 0 fully saturated rings. The summed E-state index contributed by atoms with van der Waals surface area (Å²) in [6.07, 6.45) is 22.5. The molecule has 0 saturated carbocycles. The van der Waals surface area contributed by atoms with Gasteiger partial charge in [-0.25, -0.2) is 0 Å². The fraction of sp³-hybridized carbons (Fsp3) is 1.00. The highest BCUT2D eigenvalue weighted by Crippen LogP contribution is 2.38. The monoisotopic (exact) mass is 565 g/mol. The summed E-state index contributed by atoms with van der Waals surface area (Å²) in [5.74, 6) is 0. The van der Waals surface area contributed by atoms with Gasteiger partial charge in [0.05, 0.1) is 34.4 Å². The van der Waals surface area contributed by atoms with Gasteiger partial charge >= 0.3 is 0 Å². The van der Waals surface area contributed by atoms with E-state index in [2.05, 4.69) is 13.8 Å². The molecule has 0 aromatic heterocycles. The number of likely N-dealkylation sites (N-methyl/N-ethyl adjacent to an activating group) is 1. The molecule has 0 aromatic rings. The summed E-state index contributed by atoms with van der Waals surface area (Å²) in [6.45, 7) is 6.65. The normalized spacial score (nSPS) is 14.6. The molecule has 0 aliphatic carbocycles. The van der Waals surface area contributed by atoms with Crippen molar-refractivity contribution in [2.45, 2.75) is 136 Å². The van der Waals surface area contributed by atoms with Gasteiger partial charge in [-0.1, -0.05) is 117 Å². The Morgan fingerprint density at radius 2 is 1.05 bits per heavy atom. The standard InChI is InChI=1S/C30H64NO6P/c1-6-8-10-12-13-14-15-16-17-18-19-20-21-23-26-35-30(28-34-25-22-11-9-7-2)29-37-38(32,33)36-27-24-31(3,4)5/h30H,6-29H2,1-5H3. The summed E-state index contributed by atoms with van der Waals surface area (Å²) in [4.78, 5) is 12.2. The third-order valence-corrected chi connectivity index (χ3v) is 7.69. The fourth-order valence-corrected chi connectivity index (χ4v) is 4.90. The number of nitrogens with zero attached hydrogens (tertiary/aromatic N) is 1. The molecule has 0 aromatic carbocycles. The largest absolute Gasteiger partial charge is 0.756 e. The minimum atomic E-state index is -4.36. The Kier molecular flexibility index (Phi) is 25.9. The number of phosphoric ester groups is 1. The van der Waals surface area contributed by atoms with Crippen LogP contribution < -0.4 is 4.89 Å². The first kappa shape index (κ1) is 38.0. The number of rotatable bonds is 30. The first-order chi connectivity index (χ1) is 18.2. The third-order valence-electron chi connectivity index (χ3n) is 6.73. The van der Waals surface area contributed by atoms with Crippen molar-refractivity contribution < 1.29 is 32.5 Å². The van der Waals surface area contributed by atoms with Crippen molar-refractivity contribution in [3.63, 3.8) is 0 Å². The van der Waals surface area contributed by atoms with Crippen LogP contribution in [0.25, 0.3) is 0 Å². The first-order valence-corrected chi connectivity index (χ1v) is 17.3. The predicted octanol–water partition coefficient (Wildman–Crippen LogP) is 7.66. The molecule has 0 saturated heterocycles. The second kappa shape index (κ2) is 25.9. The van der Waals surface area contributed by atoms with Crippen LogP contribution in [0.15, 0.2) is 0 Å². The van der Waals surface area contributed by atoms with Gasteiger partial charge in [-0.05, 0) is 12.8 Å². The number of ether oxygens (including phenoxy) is 2. The van der Waals surface area contributed by atoms with Gasteiger partial charge in [0, 0.05) is 13.2 Å². The summed E-state index contributed by atoms with van der Waals surface area (Å²) >= 11 is 0. The lowest BCUT2D eigenvalue weighted by molar-refractivity contribution is -0.870. The molecular formula is C30H64NO6P. The summed E-state index contributed by atoms with van der Waals surface area (Å²) in [6, 6.07) is 0. The molecule has 0 bridgehead atoms. The number of unbranched alkanes of at least 4 members (excludes halogenated alkanes) is 16. The van der Waals surface area contributed by atoms with Crippen LogP contribution in [0.3, 0.4) is 0 Å². The molecule has 0 N–H and O–H groups in total. The van der Waals surface area contributed by atoms with Crippen LogP contribution in [-0.2, 0) is 23.1 Å². The summed E-state index contributed by atoms with van der Waals surface area (Å²) < 4.78 is 34.7. The molecule has 0 spiro atoms. The van der Waals surface area contributed by atoms with E-state index in [1.165, 1.54) is 89.9 Å². The molecule has 38 heavy (non-hydrogen) atoms. The lowest BCUT2D eigenvalue weighted by Crippen LogP contribution is -2.37. The van der Waals surface area contributed by atoms with Gasteiger partial charge in [0.2, 0.25) is 0 Å². The van der Waals surface area contributed by atoms with Gasteiger partial charge in [-0.3, -0.25) is 4.57 Å².